The Balaban J connectivity index is 1.18. The average molecular weight is 488 g/mol. The van der Waals surface area contributed by atoms with Crippen LogP contribution in [0.15, 0.2) is 42.6 Å². The number of alkyl halides is 3. The predicted octanol–water partition coefficient (Wildman–Crippen LogP) is 5.48. The minimum absolute atomic E-state index is 0.0822. The van der Waals surface area contributed by atoms with Gasteiger partial charge in [0, 0.05) is 31.6 Å². The van der Waals surface area contributed by atoms with Gasteiger partial charge in [-0.05, 0) is 56.4 Å². The number of amides is 1. The second-order valence-corrected chi connectivity index (χ2v) is 9.78. The lowest BCUT2D eigenvalue weighted by molar-refractivity contribution is -0.137. The van der Waals surface area contributed by atoms with Crippen LogP contribution >= 0.6 is 11.3 Å². The highest BCUT2D eigenvalue weighted by Crippen LogP contribution is 2.31. The van der Waals surface area contributed by atoms with Crippen LogP contribution in [0.4, 0.5) is 13.2 Å². The van der Waals surface area contributed by atoms with E-state index in [0.29, 0.717) is 31.0 Å². The number of carbonyl (C=O) groups excluding carboxylic acids is 1. The molecule has 34 heavy (non-hydrogen) atoms. The predicted molar refractivity (Wildman–Crippen MR) is 124 cm³/mol. The van der Waals surface area contributed by atoms with E-state index in [4.69, 9.17) is 0 Å². The standard InChI is InChI=1S/C24H24F3N5OS/c25-24(26,27)17-11-12-20-29-30-23(32(20)15-17)16-6-5-13-31(14-16)22(33)10-4-3-9-21-28-18-7-1-2-8-19(18)34-21/h1-2,7-8,11-12,15-16H,3-6,9-10,13-14H2. The second kappa shape index (κ2) is 9.32. The fraction of sp³-hybridized carbons (Fsp3) is 0.417. The number of likely N-dealkylation sites (tertiary alicyclic amines) is 1. The zero-order valence-corrected chi connectivity index (χ0v) is 19.3. The lowest BCUT2D eigenvalue weighted by Gasteiger charge is -2.32. The van der Waals surface area contributed by atoms with Crippen LogP contribution in [0, 0.1) is 0 Å². The first-order chi connectivity index (χ1) is 16.4. The van der Waals surface area contributed by atoms with Gasteiger partial charge in [0.1, 0.15) is 5.82 Å². The highest BCUT2D eigenvalue weighted by Gasteiger charge is 2.32. The molecule has 1 aromatic carbocycles. The van der Waals surface area contributed by atoms with E-state index in [9.17, 15) is 18.0 Å². The third-order valence-electron chi connectivity index (χ3n) is 6.26. The summed E-state index contributed by atoms with van der Waals surface area (Å²) in [6.07, 6.45) is 1.13. The van der Waals surface area contributed by atoms with Crippen molar-refractivity contribution in [2.45, 2.75) is 50.6 Å². The Kier molecular flexibility index (Phi) is 6.24. The second-order valence-electron chi connectivity index (χ2n) is 8.66. The number of hydrogen-bond acceptors (Lipinski definition) is 5. The Morgan fingerprint density at radius 1 is 1.12 bits per heavy atom. The number of carbonyl (C=O) groups is 1. The van der Waals surface area contributed by atoms with Crippen molar-refractivity contribution < 1.29 is 18.0 Å². The van der Waals surface area contributed by atoms with Crippen molar-refractivity contribution in [1.29, 1.82) is 0 Å². The first-order valence-electron chi connectivity index (χ1n) is 11.4. The average Bonchev–Trinajstić information content (AvgIpc) is 3.44. The lowest BCUT2D eigenvalue weighted by atomic mass is 9.96. The fourth-order valence-electron chi connectivity index (χ4n) is 4.51. The maximum atomic E-state index is 13.2. The minimum Gasteiger partial charge on any atom is -0.342 e. The fourth-order valence-corrected chi connectivity index (χ4v) is 5.52. The number of aryl methyl sites for hydroxylation is 1. The molecule has 1 amide bonds. The normalized spacial score (nSPS) is 17.0. The van der Waals surface area contributed by atoms with Crippen LogP contribution in [-0.4, -0.2) is 43.5 Å². The summed E-state index contributed by atoms with van der Waals surface area (Å²) in [5.74, 6) is 0.423. The molecule has 4 heterocycles. The topological polar surface area (TPSA) is 63.4 Å². The SMILES string of the molecule is O=C(CCCCc1nc2ccccc2s1)N1CCCC(c2nnc3ccc(C(F)(F)F)cn23)C1. The number of benzene rings is 1. The molecule has 4 aromatic rings. The van der Waals surface area contributed by atoms with Gasteiger partial charge in [-0.1, -0.05) is 12.1 Å². The van der Waals surface area contributed by atoms with E-state index < -0.39 is 11.7 Å². The monoisotopic (exact) mass is 487 g/mol. The van der Waals surface area contributed by atoms with Crippen molar-refractivity contribution in [3.8, 4) is 0 Å². The first kappa shape index (κ1) is 22.8. The van der Waals surface area contributed by atoms with Gasteiger partial charge in [0.25, 0.3) is 0 Å². The van der Waals surface area contributed by atoms with Gasteiger partial charge in [0.15, 0.2) is 5.65 Å². The van der Waals surface area contributed by atoms with Crippen LogP contribution in [-0.2, 0) is 17.4 Å². The molecule has 0 spiro atoms. The molecule has 0 aliphatic carbocycles. The van der Waals surface area contributed by atoms with Crippen LogP contribution in [0.5, 0.6) is 0 Å². The molecule has 5 rings (SSSR count). The molecule has 1 atom stereocenters. The molecule has 10 heteroatoms. The summed E-state index contributed by atoms with van der Waals surface area (Å²) in [6.45, 7) is 1.12. The summed E-state index contributed by atoms with van der Waals surface area (Å²) in [5.41, 5.74) is 0.653. The maximum absolute atomic E-state index is 13.2. The Labute approximate surface area is 198 Å². The Morgan fingerprint density at radius 3 is 2.79 bits per heavy atom. The summed E-state index contributed by atoms with van der Waals surface area (Å²) in [4.78, 5) is 19.3. The van der Waals surface area contributed by atoms with Crippen molar-refractivity contribution in [1.82, 2.24) is 24.5 Å². The molecular formula is C24H24F3N5OS. The molecule has 0 radical (unpaired) electrons. The third kappa shape index (κ3) is 4.77. The molecule has 0 N–H and O–H groups in total. The van der Waals surface area contributed by atoms with Crippen molar-refractivity contribution in [2.75, 3.05) is 13.1 Å². The molecule has 1 aliphatic heterocycles. The number of unbranched alkanes of at least 4 members (excludes halogenated alkanes) is 1. The van der Waals surface area contributed by atoms with E-state index in [2.05, 4.69) is 21.2 Å². The van der Waals surface area contributed by atoms with Gasteiger partial charge in [-0.15, -0.1) is 21.5 Å². The Morgan fingerprint density at radius 2 is 1.97 bits per heavy atom. The number of thiazole rings is 1. The van der Waals surface area contributed by atoms with E-state index in [1.807, 2.05) is 23.1 Å². The number of aromatic nitrogens is 4. The summed E-state index contributed by atoms with van der Waals surface area (Å²) in [7, 11) is 0. The molecule has 1 unspecified atom stereocenters. The maximum Gasteiger partial charge on any atom is 0.417 e. The Hall–Kier alpha value is -3.01. The molecule has 6 nitrogen and oxygen atoms in total. The third-order valence-corrected chi connectivity index (χ3v) is 7.36. The number of halogens is 3. The number of rotatable bonds is 6. The molecule has 0 saturated carbocycles. The van der Waals surface area contributed by atoms with Gasteiger partial charge < -0.3 is 4.90 Å². The van der Waals surface area contributed by atoms with E-state index in [-0.39, 0.29) is 11.8 Å². The van der Waals surface area contributed by atoms with Crippen LogP contribution < -0.4 is 0 Å². The molecule has 3 aromatic heterocycles. The van der Waals surface area contributed by atoms with Crippen molar-refractivity contribution >= 4 is 33.1 Å². The highest BCUT2D eigenvalue weighted by atomic mass is 32.1. The van der Waals surface area contributed by atoms with Gasteiger partial charge in [0.05, 0.1) is 20.8 Å². The van der Waals surface area contributed by atoms with Crippen LogP contribution in [0.2, 0.25) is 0 Å². The first-order valence-corrected chi connectivity index (χ1v) is 12.2. The highest BCUT2D eigenvalue weighted by molar-refractivity contribution is 7.18. The van der Waals surface area contributed by atoms with Crippen molar-refractivity contribution in [3.63, 3.8) is 0 Å². The van der Waals surface area contributed by atoms with Gasteiger partial charge in [-0.3, -0.25) is 9.20 Å². The van der Waals surface area contributed by atoms with Gasteiger partial charge >= 0.3 is 6.18 Å². The van der Waals surface area contributed by atoms with Crippen LogP contribution in [0.25, 0.3) is 15.9 Å². The molecule has 1 saturated heterocycles. The quantitative estimate of drug-likeness (QED) is 0.338. The summed E-state index contributed by atoms with van der Waals surface area (Å²) in [5, 5.41) is 9.28. The Bertz CT molecular complexity index is 1280. The lowest BCUT2D eigenvalue weighted by Crippen LogP contribution is -2.39. The summed E-state index contributed by atoms with van der Waals surface area (Å²) >= 11 is 1.69. The number of pyridine rings is 1. The number of piperidine rings is 1. The van der Waals surface area contributed by atoms with E-state index in [1.165, 1.54) is 15.2 Å². The molecule has 178 valence electrons. The zero-order chi connectivity index (χ0) is 23.7. The van der Waals surface area contributed by atoms with Gasteiger partial charge in [-0.25, -0.2) is 4.98 Å². The summed E-state index contributed by atoms with van der Waals surface area (Å²) < 4.78 is 42.1. The van der Waals surface area contributed by atoms with Gasteiger partial charge in [0.2, 0.25) is 5.91 Å². The number of hydrogen-bond donors (Lipinski definition) is 0. The van der Waals surface area contributed by atoms with Gasteiger partial charge in [-0.2, -0.15) is 13.2 Å². The van der Waals surface area contributed by atoms with Crippen LogP contribution in [0.3, 0.4) is 0 Å². The minimum atomic E-state index is -4.43. The molecular weight excluding hydrogens is 463 g/mol. The van der Waals surface area contributed by atoms with E-state index >= 15 is 0 Å². The number of fused-ring (bicyclic) bond motifs is 2. The van der Waals surface area contributed by atoms with E-state index in [0.717, 1.165) is 54.9 Å². The van der Waals surface area contributed by atoms with Crippen LogP contribution in [0.1, 0.15) is 54.4 Å². The summed E-state index contributed by atoms with van der Waals surface area (Å²) in [6, 6.07) is 10.4. The van der Waals surface area contributed by atoms with Crippen molar-refractivity contribution in [3.05, 3.63) is 59.0 Å². The molecule has 1 fully saturated rings. The van der Waals surface area contributed by atoms with Crippen molar-refractivity contribution in [2.24, 2.45) is 0 Å². The zero-order valence-electron chi connectivity index (χ0n) is 18.5. The number of nitrogens with zero attached hydrogens (tertiary/aromatic N) is 5. The van der Waals surface area contributed by atoms with E-state index in [1.54, 1.807) is 11.3 Å². The largest absolute Gasteiger partial charge is 0.417 e. The molecule has 1 aliphatic rings. The smallest absolute Gasteiger partial charge is 0.342 e. The molecule has 0 bridgehead atoms. The number of para-hydroxylation sites is 1.